The minimum absolute atomic E-state index is 0.193. The molecule has 1 rings (SSSR count). The molecule has 0 atom stereocenters. The van der Waals surface area contributed by atoms with Gasteiger partial charge >= 0.3 is 19.8 Å². The largest absolute Gasteiger partial charge is 0.524 e. The van der Waals surface area contributed by atoms with Crippen molar-refractivity contribution in [1.29, 1.82) is 0 Å². The van der Waals surface area contributed by atoms with Gasteiger partial charge in [-0.15, -0.1) is 0 Å². The second kappa shape index (κ2) is 7.21. The second-order valence-electron chi connectivity index (χ2n) is 4.25. The summed E-state index contributed by atoms with van der Waals surface area (Å²) in [5, 5.41) is 0. The monoisotopic (exact) mass is 318 g/mol. The molecule has 0 aromatic heterocycles. The Kier molecular flexibility index (Phi) is 5.90. The van der Waals surface area contributed by atoms with Gasteiger partial charge in [-0.1, -0.05) is 26.0 Å². The Balaban J connectivity index is 2.70. The van der Waals surface area contributed by atoms with Gasteiger partial charge in [0.2, 0.25) is 6.79 Å². The summed E-state index contributed by atoms with van der Waals surface area (Å²) >= 11 is 0. The third kappa shape index (κ3) is 5.95. The van der Waals surface area contributed by atoms with Crippen LogP contribution in [0.15, 0.2) is 24.3 Å². The minimum atomic E-state index is -4.80. The lowest BCUT2D eigenvalue weighted by Gasteiger charge is -2.12. The highest BCUT2D eigenvalue weighted by Crippen LogP contribution is 2.39. The standard InChI is InChI=1S/C12H15O8P/c1-8(2)11(13)18-7-19-12(14)9-5-3-4-6-10(9)20-21(15,16)17/h3-6,8H,7H2,1-2H3,(H2,15,16,17). The molecule has 0 bridgehead atoms. The number of esters is 2. The summed E-state index contributed by atoms with van der Waals surface area (Å²) in [5.74, 6) is -2.17. The Labute approximate surface area is 120 Å². The molecule has 9 heteroatoms. The summed E-state index contributed by atoms with van der Waals surface area (Å²) in [4.78, 5) is 40.4. The molecule has 1 aromatic rings. The van der Waals surface area contributed by atoms with Crippen molar-refractivity contribution in [1.82, 2.24) is 0 Å². The van der Waals surface area contributed by atoms with Crippen LogP contribution in [0.1, 0.15) is 24.2 Å². The van der Waals surface area contributed by atoms with Crippen molar-refractivity contribution in [2.75, 3.05) is 6.79 Å². The topological polar surface area (TPSA) is 119 Å². The van der Waals surface area contributed by atoms with Gasteiger partial charge in [-0.05, 0) is 12.1 Å². The SMILES string of the molecule is CC(C)C(=O)OCOC(=O)c1ccccc1OP(=O)(O)O. The highest BCUT2D eigenvalue weighted by atomic mass is 31.2. The number of hydrogen-bond acceptors (Lipinski definition) is 6. The van der Waals surface area contributed by atoms with Crippen molar-refractivity contribution in [3.8, 4) is 5.75 Å². The van der Waals surface area contributed by atoms with Crippen molar-refractivity contribution in [2.24, 2.45) is 5.92 Å². The van der Waals surface area contributed by atoms with Crippen LogP contribution in [0.3, 0.4) is 0 Å². The summed E-state index contributed by atoms with van der Waals surface area (Å²) < 4.78 is 24.5. The van der Waals surface area contributed by atoms with Crippen LogP contribution < -0.4 is 4.52 Å². The lowest BCUT2D eigenvalue weighted by atomic mass is 10.2. The maximum atomic E-state index is 11.8. The number of phosphoric acid groups is 1. The average Bonchev–Trinajstić information content (AvgIpc) is 2.37. The van der Waals surface area contributed by atoms with E-state index in [2.05, 4.69) is 14.0 Å². The molecule has 0 spiro atoms. The van der Waals surface area contributed by atoms with Gasteiger partial charge in [0.25, 0.3) is 0 Å². The zero-order valence-electron chi connectivity index (χ0n) is 11.4. The Morgan fingerprint density at radius 2 is 1.81 bits per heavy atom. The number of ether oxygens (including phenoxy) is 2. The van der Waals surface area contributed by atoms with Crippen molar-refractivity contribution < 1.29 is 37.9 Å². The van der Waals surface area contributed by atoms with Gasteiger partial charge in [0, 0.05) is 0 Å². The maximum absolute atomic E-state index is 11.8. The fraction of sp³-hybridized carbons (Fsp3) is 0.333. The van der Waals surface area contributed by atoms with E-state index in [0.717, 1.165) is 0 Å². The maximum Gasteiger partial charge on any atom is 0.524 e. The Morgan fingerprint density at radius 1 is 1.19 bits per heavy atom. The molecule has 0 saturated carbocycles. The molecule has 2 N–H and O–H groups in total. The smallest absolute Gasteiger partial charge is 0.428 e. The molecule has 8 nitrogen and oxygen atoms in total. The van der Waals surface area contributed by atoms with Crippen LogP contribution in [0.2, 0.25) is 0 Å². The molecular weight excluding hydrogens is 303 g/mol. The van der Waals surface area contributed by atoms with Gasteiger partial charge in [0.05, 0.1) is 5.92 Å². The molecule has 0 amide bonds. The predicted octanol–water partition coefficient (Wildman–Crippen LogP) is 1.47. The van der Waals surface area contributed by atoms with Crippen LogP contribution in [0.5, 0.6) is 5.75 Å². The van der Waals surface area contributed by atoms with Gasteiger partial charge in [-0.25, -0.2) is 9.36 Å². The van der Waals surface area contributed by atoms with Crippen LogP contribution in [0, 0.1) is 5.92 Å². The van der Waals surface area contributed by atoms with Crippen LogP contribution in [0.25, 0.3) is 0 Å². The number of hydrogen-bond donors (Lipinski definition) is 2. The number of carbonyl (C=O) groups excluding carboxylic acids is 2. The number of phosphoric ester groups is 1. The zero-order chi connectivity index (χ0) is 16.0. The first-order valence-corrected chi connectivity index (χ1v) is 7.41. The van der Waals surface area contributed by atoms with Crippen molar-refractivity contribution in [2.45, 2.75) is 13.8 Å². The predicted molar refractivity (Wildman–Crippen MR) is 70.3 cm³/mol. The van der Waals surface area contributed by atoms with Gasteiger partial charge in [-0.3, -0.25) is 14.6 Å². The molecule has 1 aromatic carbocycles. The van der Waals surface area contributed by atoms with E-state index in [1.807, 2.05) is 0 Å². The van der Waals surface area contributed by atoms with Gasteiger partial charge in [-0.2, -0.15) is 0 Å². The molecule has 21 heavy (non-hydrogen) atoms. The molecule has 0 heterocycles. The van der Waals surface area contributed by atoms with E-state index in [0.29, 0.717) is 0 Å². The average molecular weight is 318 g/mol. The minimum Gasteiger partial charge on any atom is -0.428 e. The highest BCUT2D eigenvalue weighted by Gasteiger charge is 2.22. The van der Waals surface area contributed by atoms with E-state index in [4.69, 9.17) is 9.79 Å². The van der Waals surface area contributed by atoms with Crippen molar-refractivity contribution in [3.05, 3.63) is 29.8 Å². The van der Waals surface area contributed by atoms with Gasteiger partial charge in [0.1, 0.15) is 11.3 Å². The third-order valence-corrected chi connectivity index (χ3v) is 2.62. The van der Waals surface area contributed by atoms with Crippen LogP contribution in [-0.4, -0.2) is 28.5 Å². The molecule has 0 fully saturated rings. The van der Waals surface area contributed by atoms with Crippen molar-refractivity contribution >= 4 is 19.8 Å². The van der Waals surface area contributed by atoms with Crippen LogP contribution in [-0.2, 0) is 18.8 Å². The van der Waals surface area contributed by atoms with E-state index in [-0.39, 0.29) is 17.2 Å². The Morgan fingerprint density at radius 3 is 2.38 bits per heavy atom. The first-order valence-electron chi connectivity index (χ1n) is 5.88. The molecule has 0 saturated heterocycles. The summed E-state index contributed by atoms with van der Waals surface area (Å²) in [5.41, 5.74) is -0.193. The van der Waals surface area contributed by atoms with Crippen LogP contribution >= 0.6 is 7.82 Å². The number of carbonyl (C=O) groups is 2. The van der Waals surface area contributed by atoms with E-state index in [1.54, 1.807) is 13.8 Å². The summed E-state index contributed by atoms with van der Waals surface area (Å²) in [6.45, 7) is 2.64. The van der Waals surface area contributed by atoms with Gasteiger partial charge < -0.3 is 14.0 Å². The Bertz CT molecular complexity index is 562. The second-order valence-corrected chi connectivity index (χ2v) is 5.41. The molecule has 0 aliphatic carbocycles. The quantitative estimate of drug-likeness (QED) is 0.460. The number of para-hydroxylation sites is 1. The lowest BCUT2D eigenvalue weighted by molar-refractivity contribution is -0.155. The zero-order valence-corrected chi connectivity index (χ0v) is 12.3. The number of rotatable bonds is 6. The molecule has 116 valence electrons. The number of benzene rings is 1. The fourth-order valence-corrected chi connectivity index (χ4v) is 1.64. The molecule has 0 aliphatic rings. The summed E-state index contributed by atoms with van der Waals surface area (Å²) in [6.07, 6.45) is 0. The van der Waals surface area contributed by atoms with E-state index >= 15 is 0 Å². The molecule has 0 aliphatic heterocycles. The summed E-state index contributed by atoms with van der Waals surface area (Å²) in [6, 6.07) is 5.36. The molecule has 0 unspecified atom stereocenters. The van der Waals surface area contributed by atoms with E-state index in [1.165, 1.54) is 24.3 Å². The summed E-state index contributed by atoms with van der Waals surface area (Å²) in [7, 11) is -4.80. The van der Waals surface area contributed by atoms with Crippen molar-refractivity contribution in [3.63, 3.8) is 0 Å². The fourth-order valence-electron chi connectivity index (χ4n) is 1.23. The highest BCUT2D eigenvalue weighted by molar-refractivity contribution is 7.46. The normalized spacial score (nSPS) is 11.1. The van der Waals surface area contributed by atoms with E-state index in [9.17, 15) is 14.2 Å². The first-order chi connectivity index (χ1) is 9.70. The van der Waals surface area contributed by atoms with Gasteiger partial charge in [0.15, 0.2) is 0 Å². The molecular formula is C12H15O8P. The third-order valence-electron chi connectivity index (χ3n) is 2.19. The molecule has 0 radical (unpaired) electrons. The van der Waals surface area contributed by atoms with E-state index < -0.39 is 26.6 Å². The Hall–Kier alpha value is -1.89. The first kappa shape index (κ1) is 17.2. The van der Waals surface area contributed by atoms with Crippen LogP contribution in [0.4, 0.5) is 0 Å². The lowest BCUT2D eigenvalue weighted by Crippen LogP contribution is -2.16.